The van der Waals surface area contributed by atoms with Crippen molar-refractivity contribution in [1.29, 1.82) is 0 Å². The fraction of sp³-hybridized carbons (Fsp3) is 0.156. The molecule has 1 radical (unpaired) electrons. The van der Waals surface area contributed by atoms with Gasteiger partial charge in [0.25, 0.3) is 0 Å². The second-order valence-electron chi connectivity index (χ2n) is 8.84. The number of nitrogens with zero attached hydrogens (tertiary/aromatic N) is 3. The number of aryl methyl sites for hydroxylation is 2. The molecule has 6 rings (SSSR count). The Labute approximate surface area is 235 Å². The van der Waals surface area contributed by atoms with E-state index in [4.69, 9.17) is 8.22 Å². The molecule has 0 bridgehead atoms. The molecule has 3 nitrogen and oxygen atoms in total. The van der Waals surface area contributed by atoms with Crippen molar-refractivity contribution in [3.8, 4) is 33.6 Å². The van der Waals surface area contributed by atoms with Gasteiger partial charge in [0.1, 0.15) is 0 Å². The minimum atomic E-state index is -2.23. The van der Waals surface area contributed by atoms with E-state index >= 15 is 0 Å². The molecular weight excluding hydrogens is 619 g/mol. The number of aromatic nitrogens is 3. The van der Waals surface area contributed by atoms with Crippen LogP contribution in [0, 0.1) is 26.0 Å². The minimum Gasteiger partial charge on any atom is -0.360 e. The maximum absolute atomic E-state index is 7.76. The number of hydrogen-bond acceptors (Lipinski definition) is 3. The maximum Gasteiger partial charge on any atom is 0.0280 e. The van der Waals surface area contributed by atoms with Gasteiger partial charge in [-0.2, -0.15) is 0 Å². The van der Waals surface area contributed by atoms with Gasteiger partial charge in [-0.15, -0.1) is 53.1 Å². The standard InChI is InChI=1S/C20H17N2.C12H10N.Ir/c1-13-8-9-21-11-15(13)19-10-18-16(12-22-19)14-6-4-5-7-17(14)20(18,2)3;1-10-7-8-12(13-9-10)11-5-3-2-4-6-11;/h4-10,12H,1-3H3;2-5,7-9H,1H3;/q2*-1;/i2*1D3;. The molecule has 5 aromatic rings. The van der Waals surface area contributed by atoms with Crippen LogP contribution in [0.15, 0.2) is 91.4 Å². The van der Waals surface area contributed by atoms with Crippen LogP contribution in [0.4, 0.5) is 0 Å². The van der Waals surface area contributed by atoms with Gasteiger partial charge in [-0.25, -0.2) is 0 Å². The molecule has 0 amide bonds. The largest absolute Gasteiger partial charge is 0.360 e. The summed E-state index contributed by atoms with van der Waals surface area (Å²) in [5.41, 5.74) is 7.64. The van der Waals surface area contributed by atoms with Crippen LogP contribution in [0.2, 0.25) is 0 Å². The van der Waals surface area contributed by atoms with E-state index in [0.29, 0.717) is 11.3 Å². The molecular formula is C32H27IrN3-2. The van der Waals surface area contributed by atoms with Crippen molar-refractivity contribution >= 4 is 0 Å². The van der Waals surface area contributed by atoms with E-state index < -0.39 is 13.7 Å². The van der Waals surface area contributed by atoms with Gasteiger partial charge >= 0.3 is 0 Å². The number of hydrogen-bond donors (Lipinski definition) is 0. The first-order chi connectivity index (χ1) is 19.4. The van der Waals surface area contributed by atoms with Crippen LogP contribution in [0.5, 0.6) is 0 Å². The molecule has 181 valence electrons. The summed E-state index contributed by atoms with van der Waals surface area (Å²) in [5.74, 6) is 0. The van der Waals surface area contributed by atoms with Gasteiger partial charge in [-0.3, -0.25) is 0 Å². The molecule has 1 aliphatic rings. The van der Waals surface area contributed by atoms with Crippen LogP contribution in [0.3, 0.4) is 0 Å². The van der Waals surface area contributed by atoms with E-state index in [1.165, 1.54) is 29.6 Å². The molecule has 0 N–H and O–H groups in total. The first-order valence-corrected chi connectivity index (χ1v) is 11.3. The normalized spacial score (nSPS) is 15.6. The second-order valence-corrected chi connectivity index (χ2v) is 8.84. The predicted molar refractivity (Wildman–Crippen MR) is 142 cm³/mol. The first kappa shape index (κ1) is 18.8. The van der Waals surface area contributed by atoms with Crippen molar-refractivity contribution in [2.75, 3.05) is 0 Å². The predicted octanol–water partition coefficient (Wildman–Crippen LogP) is 7.41. The van der Waals surface area contributed by atoms with E-state index in [1.54, 1.807) is 18.2 Å². The summed E-state index contributed by atoms with van der Waals surface area (Å²) >= 11 is 0. The van der Waals surface area contributed by atoms with E-state index in [1.807, 2.05) is 42.6 Å². The number of rotatable bonds is 2. The Morgan fingerprint density at radius 3 is 2.39 bits per heavy atom. The monoisotopic (exact) mass is 652 g/mol. The van der Waals surface area contributed by atoms with E-state index in [9.17, 15) is 0 Å². The van der Waals surface area contributed by atoms with Gasteiger partial charge in [-0.05, 0) is 46.7 Å². The van der Waals surface area contributed by atoms with Crippen molar-refractivity contribution in [2.45, 2.75) is 33.0 Å². The zero-order chi connectivity index (χ0) is 29.4. The van der Waals surface area contributed by atoms with Gasteiger partial charge in [0.2, 0.25) is 0 Å². The summed E-state index contributed by atoms with van der Waals surface area (Å²) in [4.78, 5) is 12.7. The SMILES string of the molecule is [2H]C([2H])([2H])c1ccc(-c2[c-]cccc2)nc1.[2H]C([2H])([2H])c1ccn[c-]c1-c1cc2c(cn1)-c1ccccc1C2(C)C.[Ir]. The van der Waals surface area contributed by atoms with Crippen LogP contribution in [-0.4, -0.2) is 15.0 Å². The van der Waals surface area contributed by atoms with Gasteiger partial charge in [0, 0.05) is 51.7 Å². The summed E-state index contributed by atoms with van der Waals surface area (Å²) in [6, 6.07) is 25.6. The molecule has 3 heterocycles. The van der Waals surface area contributed by atoms with Crippen molar-refractivity contribution < 1.29 is 28.3 Å². The average molecular weight is 652 g/mol. The molecule has 0 aliphatic heterocycles. The average Bonchev–Trinajstić information content (AvgIpc) is 3.19. The van der Waals surface area contributed by atoms with Crippen molar-refractivity contribution in [3.63, 3.8) is 0 Å². The van der Waals surface area contributed by atoms with Crippen LogP contribution >= 0.6 is 0 Å². The van der Waals surface area contributed by atoms with Crippen molar-refractivity contribution in [3.05, 3.63) is 126 Å². The molecule has 4 heteroatoms. The van der Waals surface area contributed by atoms with Crippen LogP contribution < -0.4 is 0 Å². The van der Waals surface area contributed by atoms with Crippen LogP contribution in [-0.2, 0) is 25.5 Å². The molecule has 0 atom stereocenters. The van der Waals surface area contributed by atoms with E-state index in [-0.39, 0.29) is 36.6 Å². The summed E-state index contributed by atoms with van der Waals surface area (Å²) in [6.07, 6.45) is 7.51. The summed E-state index contributed by atoms with van der Waals surface area (Å²) in [5, 5.41) is 0. The number of benzene rings is 2. The quantitative estimate of drug-likeness (QED) is 0.187. The van der Waals surface area contributed by atoms with Crippen LogP contribution in [0.25, 0.3) is 33.6 Å². The van der Waals surface area contributed by atoms with Crippen molar-refractivity contribution in [1.82, 2.24) is 15.0 Å². The number of pyridine rings is 3. The fourth-order valence-corrected chi connectivity index (χ4v) is 4.39. The Morgan fingerprint density at radius 2 is 1.64 bits per heavy atom. The Bertz CT molecular complexity index is 1680. The Hall–Kier alpha value is -3.46. The molecule has 2 aromatic carbocycles. The Morgan fingerprint density at radius 1 is 0.806 bits per heavy atom. The Balaban J connectivity index is 0.000000207. The third-order valence-electron chi connectivity index (χ3n) is 6.23. The summed E-state index contributed by atoms with van der Waals surface area (Å²) in [7, 11) is 0. The van der Waals surface area contributed by atoms with Gasteiger partial charge < -0.3 is 15.0 Å². The molecule has 0 unspecified atom stereocenters. The zero-order valence-corrected chi connectivity index (χ0v) is 22.2. The van der Waals surface area contributed by atoms with Crippen molar-refractivity contribution in [2.24, 2.45) is 0 Å². The molecule has 0 saturated heterocycles. The fourth-order valence-electron chi connectivity index (χ4n) is 4.39. The maximum atomic E-state index is 7.76. The zero-order valence-electron chi connectivity index (χ0n) is 25.8. The Kier molecular flexibility index (Phi) is 5.55. The molecule has 0 spiro atoms. The minimum absolute atomic E-state index is 0. The van der Waals surface area contributed by atoms with E-state index in [2.05, 4.69) is 53.2 Å². The topological polar surface area (TPSA) is 38.7 Å². The molecule has 0 saturated carbocycles. The van der Waals surface area contributed by atoms with Gasteiger partial charge in [0.15, 0.2) is 0 Å². The third-order valence-corrected chi connectivity index (χ3v) is 6.23. The first-order valence-electron chi connectivity index (χ1n) is 14.3. The van der Waals surface area contributed by atoms with Crippen LogP contribution in [0.1, 0.15) is 44.3 Å². The second kappa shape index (κ2) is 10.7. The molecule has 0 fully saturated rings. The summed E-state index contributed by atoms with van der Waals surface area (Å²) in [6.45, 7) is 0.0397. The molecule has 3 aromatic heterocycles. The smallest absolute Gasteiger partial charge is 0.0280 e. The van der Waals surface area contributed by atoms with E-state index in [0.717, 1.165) is 22.4 Å². The number of fused-ring (bicyclic) bond motifs is 3. The molecule has 1 aliphatic carbocycles. The van der Waals surface area contributed by atoms with Gasteiger partial charge in [-0.1, -0.05) is 69.4 Å². The van der Waals surface area contributed by atoms with Gasteiger partial charge in [0.05, 0.1) is 0 Å². The summed E-state index contributed by atoms with van der Waals surface area (Å²) < 4.78 is 45.0. The third kappa shape index (κ3) is 4.93. The molecule has 36 heavy (non-hydrogen) atoms.